The van der Waals surface area contributed by atoms with Crippen molar-refractivity contribution < 1.29 is 27.1 Å². The van der Waals surface area contributed by atoms with E-state index in [9.17, 15) is 22.4 Å². The lowest BCUT2D eigenvalue weighted by Crippen LogP contribution is -2.15. The molecule has 3 nitrogen and oxygen atoms in total. The molecule has 0 aliphatic heterocycles. The van der Waals surface area contributed by atoms with Gasteiger partial charge in [-0.25, -0.2) is 8.78 Å². The fourth-order valence-corrected chi connectivity index (χ4v) is 2.99. The molecule has 3 aromatic rings. The number of ether oxygens (including phenoxy) is 1. The van der Waals surface area contributed by atoms with Crippen molar-refractivity contribution >= 4 is 5.78 Å². The number of nitrogens with zero attached hydrogens (tertiary/aromatic N) is 1. The molecule has 2 aromatic carbocycles. The first-order valence-electron chi connectivity index (χ1n) is 8.49. The normalized spacial score (nSPS) is 10.9. The first kappa shape index (κ1) is 19.7. The van der Waals surface area contributed by atoms with E-state index in [4.69, 9.17) is 4.74 Å². The van der Waals surface area contributed by atoms with Gasteiger partial charge in [0.25, 0.3) is 0 Å². The Balaban J connectivity index is 1.80. The fraction of sp³-hybridized carbons (Fsp3) is 0.190. The molecule has 28 heavy (non-hydrogen) atoms. The van der Waals surface area contributed by atoms with Gasteiger partial charge in [-0.2, -0.15) is 8.78 Å². The monoisotopic (exact) mass is 391 g/mol. The second-order valence-electron chi connectivity index (χ2n) is 6.37. The summed E-state index contributed by atoms with van der Waals surface area (Å²) in [6.07, 6.45) is 0. The molecule has 0 aliphatic rings. The van der Waals surface area contributed by atoms with Crippen molar-refractivity contribution in [3.05, 3.63) is 88.2 Å². The van der Waals surface area contributed by atoms with Crippen LogP contribution in [0, 0.1) is 37.1 Å². The van der Waals surface area contributed by atoms with Crippen molar-refractivity contribution in [1.29, 1.82) is 0 Å². The molecule has 146 valence electrons. The summed E-state index contributed by atoms with van der Waals surface area (Å²) in [7, 11) is 0. The maximum atomic E-state index is 13.7. The van der Waals surface area contributed by atoms with Gasteiger partial charge in [0.2, 0.25) is 17.4 Å². The Hall–Kier alpha value is -3.09. The smallest absolute Gasteiger partial charge is 0.203 e. The number of hydrogen-bond acceptors (Lipinski definition) is 2. The number of carbonyl (C=O) groups is 1. The molecule has 0 radical (unpaired) electrons. The van der Waals surface area contributed by atoms with E-state index in [-0.39, 0.29) is 6.07 Å². The molecule has 0 spiro atoms. The van der Waals surface area contributed by atoms with E-state index in [1.165, 1.54) is 0 Å². The predicted molar refractivity (Wildman–Crippen MR) is 95.5 cm³/mol. The van der Waals surface area contributed by atoms with E-state index in [1.807, 2.05) is 41.8 Å². The highest BCUT2D eigenvalue weighted by atomic mass is 19.2. The number of aromatic nitrogens is 1. The lowest BCUT2D eigenvalue weighted by Gasteiger charge is -2.11. The number of ketones is 1. The SMILES string of the molecule is Cc1cc(C(=O)COc2c(F)c(F)cc(F)c2F)c(C)n1Cc1ccccc1. The Morgan fingerprint density at radius 1 is 0.964 bits per heavy atom. The van der Waals surface area contributed by atoms with Crippen LogP contribution in [-0.2, 0) is 6.54 Å². The van der Waals surface area contributed by atoms with Gasteiger partial charge in [-0.05, 0) is 25.5 Å². The van der Waals surface area contributed by atoms with E-state index in [2.05, 4.69) is 0 Å². The molecule has 0 saturated heterocycles. The van der Waals surface area contributed by atoms with Gasteiger partial charge in [0.15, 0.2) is 24.0 Å². The molecule has 1 heterocycles. The average molecular weight is 391 g/mol. The van der Waals surface area contributed by atoms with E-state index >= 15 is 0 Å². The Morgan fingerprint density at radius 2 is 1.57 bits per heavy atom. The summed E-state index contributed by atoms with van der Waals surface area (Å²) in [4.78, 5) is 12.5. The number of benzene rings is 2. The first-order valence-corrected chi connectivity index (χ1v) is 8.49. The molecule has 0 bridgehead atoms. The molecule has 1 aromatic heterocycles. The minimum Gasteiger partial charge on any atom is -0.479 e. The topological polar surface area (TPSA) is 31.2 Å². The van der Waals surface area contributed by atoms with Crippen LogP contribution in [0.3, 0.4) is 0 Å². The summed E-state index contributed by atoms with van der Waals surface area (Å²) in [5.41, 5.74) is 2.82. The van der Waals surface area contributed by atoms with Crippen LogP contribution in [0.2, 0.25) is 0 Å². The van der Waals surface area contributed by atoms with Crippen molar-refractivity contribution in [1.82, 2.24) is 4.57 Å². The van der Waals surface area contributed by atoms with E-state index < -0.39 is 41.4 Å². The Labute approximate surface area is 159 Å². The molecular formula is C21H17F4NO2. The Bertz CT molecular complexity index is 1000. The van der Waals surface area contributed by atoms with Crippen LogP contribution in [0.15, 0.2) is 42.5 Å². The first-order chi connectivity index (χ1) is 13.3. The lowest BCUT2D eigenvalue weighted by atomic mass is 10.1. The van der Waals surface area contributed by atoms with Gasteiger partial charge >= 0.3 is 0 Å². The second-order valence-corrected chi connectivity index (χ2v) is 6.37. The van der Waals surface area contributed by atoms with Crippen LogP contribution < -0.4 is 4.74 Å². The summed E-state index contributed by atoms with van der Waals surface area (Å²) >= 11 is 0. The zero-order valence-electron chi connectivity index (χ0n) is 15.2. The van der Waals surface area contributed by atoms with Gasteiger partial charge in [-0.1, -0.05) is 30.3 Å². The van der Waals surface area contributed by atoms with Gasteiger partial charge in [0, 0.05) is 29.6 Å². The van der Waals surface area contributed by atoms with Crippen LogP contribution >= 0.6 is 0 Å². The quantitative estimate of drug-likeness (QED) is 0.337. The minimum atomic E-state index is -1.68. The molecule has 0 unspecified atom stereocenters. The summed E-state index contributed by atoms with van der Waals surface area (Å²) < 4.78 is 60.5. The molecule has 0 N–H and O–H groups in total. The zero-order chi connectivity index (χ0) is 20.4. The summed E-state index contributed by atoms with van der Waals surface area (Å²) in [6.45, 7) is 3.36. The fourth-order valence-electron chi connectivity index (χ4n) is 2.99. The third-order valence-electron chi connectivity index (χ3n) is 4.48. The Kier molecular flexibility index (Phi) is 5.53. The van der Waals surface area contributed by atoms with Crippen molar-refractivity contribution in [3.63, 3.8) is 0 Å². The van der Waals surface area contributed by atoms with E-state index in [0.29, 0.717) is 17.8 Å². The van der Waals surface area contributed by atoms with Crippen LogP contribution in [0.1, 0.15) is 27.3 Å². The summed E-state index contributed by atoms with van der Waals surface area (Å²) in [5, 5.41) is 0. The summed E-state index contributed by atoms with van der Waals surface area (Å²) in [5.74, 6) is -8.35. The van der Waals surface area contributed by atoms with Gasteiger partial charge < -0.3 is 9.30 Å². The van der Waals surface area contributed by atoms with Gasteiger partial charge in [0.05, 0.1) is 0 Å². The van der Waals surface area contributed by atoms with E-state index in [0.717, 1.165) is 11.3 Å². The summed E-state index contributed by atoms with van der Waals surface area (Å²) in [6, 6.07) is 11.3. The average Bonchev–Trinajstić information content (AvgIpc) is 2.95. The second kappa shape index (κ2) is 7.88. The maximum Gasteiger partial charge on any atom is 0.203 e. The standard InChI is InChI=1S/C21H17F4NO2/c1-12-8-15(13(2)26(12)10-14-6-4-3-5-7-14)18(27)11-28-21-19(24)16(22)9-17(23)20(21)25/h3-9H,10-11H2,1-2H3. The molecular weight excluding hydrogens is 374 g/mol. The molecule has 0 amide bonds. The van der Waals surface area contributed by atoms with Crippen LogP contribution in [-0.4, -0.2) is 17.0 Å². The van der Waals surface area contributed by atoms with E-state index in [1.54, 1.807) is 13.0 Å². The predicted octanol–water partition coefficient (Wildman–Crippen LogP) is 4.97. The minimum absolute atomic E-state index is 0.0799. The molecule has 3 rings (SSSR count). The third kappa shape index (κ3) is 3.78. The third-order valence-corrected chi connectivity index (χ3v) is 4.48. The van der Waals surface area contributed by atoms with Gasteiger partial charge in [-0.3, -0.25) is 4.79 Å². The highest BCUT2D eigenvalue weighted by Gasteiger charge is 2.23. The van der Waals surface area contributed by atoms with Gasteiger partial charge in [0.1, 0.15) is 0 Å². The Morgan fingerprint density at radius 3 is 2.18 bits per heavy atom. The zero-order valence-corrected chi connectivity index (χ0v) is 15.2. The molecule has 0 saturated carbocycles. The van der Waals surface area contributed by atoms with Crippen molar-refractivity contribution in [2.24, 2.45) is 0 Å². The molecule has 0 fully saturated rings. The molecule has 7 heteroatoms. The number of halogens is 4. The van der Waals surface area contributed by atoms with Crippen LogP contribution in [0.4, 0.5) is 17.6 Å². The highest BCUT2D eigenvalue weighted by molar-refractivity contribution is 5.98. The molecule has 0 atom stereocenters. The maximum absolute atomic E-state index is 13.7. The van der Waals surface area contributed by atoms with Gasteiger partial charge in [-0.15, -0.1) is 0 Å². The number of carbonyl (C=O) groups excluding carboxylic acids is 1. The van der Waals surface area contributed by atoms with Crippen LogP contribution in [0.25, 0.3) is 0 Å². The van der Waals surface area contributed by atoms with Crippen LogP contribution in [0.5, 0.6) is 5.75 Å². The lowest BCUT2D eigenvalue weighted by molar-refractivity contribution is 0.0913. The van der Waals surface area contributed by atoms with Crippen molar-refractivity contribution in [2.75, 3.05) is 6.61 Å². The largest absolute Gasteiger partial charge is 0.479 e. The number of rotatable bonds is 6. The van der Waals surface area contributed by atoms with Crippen molar-refractivity contribution in [2.45, 2.75) is 20.4 Å². The molecule has 0 aliphatic carbocycles. The number of hydrogen-bond donors (Lipinski definition) is 0. The highest BCUT2D eigenvalue weighted by Crippen LogP contribution is 2.27. The van der Waals surface area contributed by atoms with Crippen molar-refractivity contribution in [3.8, 4) is 5.75 Å². The number of aryl methyl sites for hydroxylation is 1. The number of Topliss-reactive ketones (excluding diaryl/α,β-unsaturated/α-hetero) is 1.